The summed E-state index contributed by atoms with van der Waals surface area (Å²) in [5.41, 5.74) is 0. The van der Waals surface area contributed by atoms with Crippen molar-refractivity contribution < 1.29 is 5.11 Å². The highest BCUT2D eigenvalue weighted by atomic mass is 127. The second-order valence-corrected chi connectivity index (χ2v) is 7.04. The van der Waals surface area contributed by atoms with Crippen molar-refractivity contribution in [2.45, 2.75) is 55.0 Å². The minimum Gasteiger partial charge on any atom is -0.393 e. The summed E-state index contributed by atoms with van der Waals surface area (Å²) in [6.45, 7) is 2.33. The first-order chi connectivity index (χ1) is 6.13. The van der Waals surface area contributed by atoms with E-state index in [-0.39, 0.29) is 6.10 Å². The highest BCUT2D eigenvalue weighted by molar-refractivity contribution is 14.1. The molecule has 76 valence electrons. The summed E-state index contributed by atoms with van der Waals surface area (Å²) >= 11 is 2.64. The molecule has 2 rings (SSSR count). The third-order valence-electron chi connectivity index (χ3n) is 3.97. The van der Waals surface area contributed by atoms with Crippen LogP contribution in [0.5, 0.6) is 0 Å². The average Bonchev–Trinajstić information content (AvgIpc) is 2.02. The number of rotatable bonds is 0. The zero-order chi connectivity index (χ0) is 9.47. The lowest BCUT2D eigenvalue weighted by Crippen LogP contribution is -2.48. The highest BCUT2D eigenvalue weighted by Gasteiger charge is 2.47. The molecule has 1 N–H and O–H groups in total. The van der Waals surface area contributed by atoms with Crippen LogP contribution in [0.1, 0.15) is 45.4 Å². The maximum Gasteiger partial charge on any atom is 0.0583 e. The second-order valence-electron chi connectivity index (χ2n) is 4.89. The molecule has 0 spiro atoms. The first-order valence-corrected chi connectivity index (χ1v) is 6.58. The molecule has 0 saturated heterocycles. The Kier molecular flexibility index (Phi) is 2.90. The van der Waals surface area contributed by atoms with Crippen LogP contribution >= 0.6 is 22.6 Å². The third-order valence-corrected chi connectivity index (χ3v) is 5.77. The molecule has 13 heavy (non-hydrogen) atoms. The molecule has 0 aromatic rings. The van der Waals surface area contributed by atoms with Gasteiger partial charge in [0.2, 0.25) is 0 Å². The fourth-order valence-electron chi connectivity index (χ4n) is 3.37. The van der Waals surface area contributed by atoms with Crippen LogP contribution in [0.25, 0.3) is 0 Å². The number of hydrogen-bond donors (Lipinski definition) is 1. The number of hydrogen-bond acceptors (Lipinski definition) is 1. The molecule has 2 heteroatoms. The van der Waals surface area contributed by atoms with Crippen LogP contribution in [-0.2, 0) is 0 Å². The fourth-order valence-corrected chi connectivity index (χ4v) is 5.17. The van der Waals surface area contributed by atoms with E-state index in [2.05, 4.69) is 29.5 Å². The van der Waals surface area contributed by atoms with Crippen LogP contribution in [0.3, 0.4) is 0 Å². The van der Waals surface area contributed by atoms with Crippen molar-refractivity contribution in [2.75, 3.05) is 0 Å². The topological polar surface area (TPSA) is 20.2 Å². The minimum atomic E-state index is -0.0130. The Morgan fingerprint density at radius 2 is 1.85 bits per heavy atom. The van der Waals surface area contributed by atoms with E-state index in [1.807, 2.05) is 0 Å². The fraction of sp³-hybridized carbons (Fsp3) is 1.00. The summed E-state index contributed by atoms with van der Waals surface area (Å²) in [6.07, 6.45) is 7.62. The van der Waals surface area contributed by atoms with Gasteiger partial charge in [0.15, 0.2) is 0 Å². The molecule has 4 atom stereocenters. The summed E-state index contributed by atoms with van der Waals surface area (Å²) in [4.78, 5) is 0. The van der Waals surface area contributed by atoms with Crippen molar-refractivity contribution in [1.29, 1.82) is 0 Å². The van der Waals surface area contributed by atoms with E-state index in [4.69, 9.17) is 0 Å². The Balaban J connectivity index is 2.19. The van der Waals surface area contributed by atoms with Gasteiger partial charge >= 0.3 is 0 Å². The average molecular weight is 294 g/mol. The van der Waals surface area contributed by atoms with Gasteiger partial charge in [-0.05, 0) is 31.6 Å². The van der Waals surface area contributed by atoms with Gasteiger partial charge in [0.05, 0.1) is 6.10 Å². The largest absolute Gasteiger partial charge is 0.393 e. The summed E-state index contributed by atoms with van der Waals surface area (Å²) < 4.78 is 0.438. The van der Waals surface area contributed by atoms with Crippen molar-refractivity contribution in [3.63, 3.8) is 0 Å². The second kappa shape index (κ2) is 3.69. The molecule has 0 aromatic heterocycles. The lowest BCUT2D eigenvalue weighted by atomic mass is 9.65. The number of fused-ring (bicyclic) bond motifs is 1. The quantitative estimate of drug-likeness (QED) is 0.537. The maximum absolute atomic E-state index is 10.0. The van der Waals surface area contributed by atoms with Crippen molar-refractivity contribution >= 4 is 22.6 Å². The van der Waals surface area contributed by atoms with Crippen LogP contribution < -0.4 is 0 Å². The normalized spacial score (nSPS) is 51.5. The molecule has 4 unspecified atom stereocenters. The van der Waals surface area contributed by atoms with Crippen LogP contribution in [0.2, 0.25) is 0 Å². The first kappa shape index (κ1) is 10.2. The number of aliphatic hydroxyl groups is 1. The van der Waals surface area contributed by atoms with Gasteiger partial charge in [0, 0.05) is 9.34 Å². The zero-order valence-corrected chi connectivity index (χ0v) is 10.5. The summed E-state index contributed by atoms with van der Waals surface area (Å²) in [7, 11) is 0. The Morgan fingerprint density at radius 1 is 1.23 bits per heavy atom. The SMILES string of the molecule is CC1CCCC2(I)CCCC(O)C12. The molecule has 2 aliphatic rings. The molecular weight excluding hydrogens is 275 g/mol. The molecule has 2 saturated carbocycles. The van der Waals surface area contributed by atoms with E-state index in [1.54, 1.807) is 0 Å². The molecule has 0 radical (unpaired) electrons. The zero-order valence-electron chi connectivity index (χ0n) is 8.30. The van der Waals surface area contributed by atoms with Crippen LogP contribution in [-0.4, -0.2) is 14.6 Å². The van der Waals surface area contributed by atoms with Gasteiger partial charge < -0.3 is 5.11 Å². The van der Waals surface area contributed by atoms with Crippen molar-refractivity contribution in [1.82, 2.24) is 0 Å². The first-order valence-electron chi connectivity index (χ1n) is 5.50. The van der Waals surface area contributed by atoms with E-state index in [1.165, 1.54) is 32.1 Å². The van der Waals surface area contributed by atoms with Gasteiger partial charge in [-0.1, -0.05) is 42.4 Å². The van der Waals surface area contributed by atoms with E-state index in [9.17, 15) is 5.11 Å². The number of halogens is 1. The Hall–Kier alpha value is 0.690. The summed E-state index contributed by atoms with van der Waals surface area (Å²) in [5.74, 6) is 1.32. The lowest BCUT2D eigenvalue weighted by Gasteiger charge is -2.49. The van der Waals surface area contributed by atoms with Crippen LogP contribution in [0.4, 0.5) is 0 Å². The molecule has 0 aromatic carbocycles. The van der Waals surface area contributed by atoms with E-state index in [0.717, 1.165) is 12.3 Å². The molecule has 0 amide bonds. The van der Waals surface area contributed by atoms with Crippen molar-refractivity contribution in [3.8, 4) is 0 Å². The predicted octanol–water partition coefficient (Wildman–Crippen LogP) is 3.14. The minimum absolute atomic E-state index is 0.0130. The Labute approximate surface area is 94.4 Å². The molecular formula is C11H19IO. The van der Waals surface area contributed by atoms with Crippen LogP contribution in [0.15, 0.2) is 0 Å². The molecule has 0 heterocycles. The molecule has 1 nitrogen and oxygen atoms in total. The molecule has 2 aliphatic carbocycles. The van der Waals surface area contributed by atoms with Crippen molar-refractivity contribution in [3.05, 3.63) is 0 Å². The van der Waals surface area contributed by atoms with E-state index >= 15 is 0 Å². The molecule has 0 bridgehead atoms. The van der Waals surface area contributed by atoms with Gasteiger partial charge in [0.1, 0.15) is 0 Å². The maximum atomic E-state index is 10.0. The summed E-state index contributed by atoms with van der Waals surface area (Å²) in [5, 5.41) is 10.0. The lowest BCUT2D eigenvalue weighted by molar-refractivity contribution is 0.00252. The smallest absolute Gasteiger partial charge is 0.0583 e. The predicted molar refractivity (Wildman–Crippen MR) is 63.1 cm³/mol. The molecule has 2 fully saturated rings. The van der Waals surface area contributed by atoms with E-state index in [0.29, 0.717) is 9.34 Å². The molecule has 0 aliphatic heterocycles. The standard InChI is InChI=1S/C11H19IO/c1-8-4-2-6-11(12)7-3-5-9(13)10(8)11/h8-10,13H,2-7H2,1H3. The highest BCUT2D eigenvalue weighted by Crippen LogP contribution is 2.52. The van der Waals surface area contributed by atoms with Gasteiger partial charge in [-0.2, -0.15) is 0 Å². The third kappa shape index (κ3) is 1.76. The summed E-state index contributed by atoms with van der Waals surface area (Å²) in [6, 6.07) is 0. The number of aliphatic hydroxyl groups excluding tert-OH is 1. The van der Waals surface area contributed by atoms with Gasteiger partial charge in [-0.25, -0.2) is 0 Å². The number of alkyl halides is 1. The Bertz CT molecular complexity index is 177. The van der Waals surface area contributed by atoms with Gasteiger partial charge in [-0.15, -0.1) is 0 Å². The monoisotopic (exact) mass is 294 g/mol. The van der Waals surface area contributed by atoms with Gasteiger partial charge in [0.25, 0.3) is 0 Å². The van der Waals surface area contributed by atoms with Gasteiger partial charge in [-0.3, -0.25) is 0 Å². The Morgan fingerprint density at radius 3 is 2.46 bits per heavy atom. The van der Waals surface area contributed by atoms with Crippen LogP contribution in [0, 0.1) is 11.8 Å². The van der Waals surface area contributed by atoms with E-state index < -0.39 is 0 Å². The van der Waals surface area contributed by atoms with Crippen molar-refractivity contribution in [2.24, 2.45) is 11.8 Å².